The van der Waals surface area contributed by atoms with Gasteiger partial charge < -0.3 is 9.47 Å². The molecule has 4 rings (SSSR count). The van der Waals surface area contributed by atoms with E-state index in [0.717, 1.165) is 45.2 Å². The lowest BCUT2D eigenvalue weighted by Crippen LogP contribution is -2.08. The van der Waals surface area contributed by atoms with E-state index in [1.54, 1.807) is 37.3 Å². The normalized spacial score (nSPS) is 13.4. The van der Waals surface area contributed by atoms with Crippen molar-refractivity contribution in [2.45, 2.75) is 24.7 Å². The second-order valence-corrected chi connectivity index (χ2v) is 8.97. The van der Waals surface area contributed by atoms with Gasteiger partial charge in [0.2, 0.25) is 5.12 Å². The average Bonchev–Trinajstić information content (AvgIpc) is 3.10. The first-order chi connectivity index (χ1) is 16.3. The van der Waals surface area contributed by atoms with Crippen molar-refractivity contribution >= 4 is 28.8 Å². The SMILES string of the molecule is C=COC(=O)c1ccc(C(=O)Sc2ccc3c(c2)C(C)c2cc(OC(=O)C(=C)C)ccc2-3)cc1. The van der Waals surface area contributed by atoms with Crippen LogP contribution in [0, 0.1) is 0 Å². The van der Waals surface area contributed by atoms with Gasteiger partial charge >= 0.3 is 11.9 Å². The Hall–Kier alpha value is -3.90. The second-order valence-electron chi connectivity index (χ2n) is 7.93. The number of esters is 2. The summed E-state index contributed by atoms with van der Waals surface area (Å²) in [4.78, 5) is 37.2. The van der Waals surface area contributed by atoms with Gasteiger partial charge in [0.15, 0.2) is 0 Å². The standard InChI is InChI=1S/C28H22O5S/c1-5-32-27(30)18-6-8-19(9-7-18)28(31)34-21-11-13-23-22-12-10-20(33-26(29)16(2)3)14-24(22)17(4)25(23)15-21/h5-15,17H,1-2H2,3-4H3. The smallest absolute Gasteiger partial charge is 0.342 e. The third kappa shape index (κ3) is 4.58. The molecule has 0 fully saturated rings. The fraction of sp³-hybridized carbons (Fsp3) is 0.107. The molecule has 0 aromatic heterocycles. The van der Waals surface area contributed by atoms with Crippen LogP contribution < -0.4 is 4.74 Å². The van der Waals surface area contributed by atoms with Gasteiger partial charge in [0, 0.05) is 21.9 Å². The summed E-state index contributed by atoms with van der Waals surface area (Å²) in [6.45, 7) is 10.7. The summed E-state index contributed by atoms with van der Waals surface area (Å²) in [5.41, 5.74) is 5.54. The lowest BCUT2D eigenvalue weighted by atomic mass is 9.99. The van der Waals surface area contributed by atoms with Crippen LogP contribution in [0.15, 0.2) is 90.6 Å². The third-order valence-corrected chi connectivity index (χ3v) is 6.50. The number of fused-ring (bicyclic) bond motifs is 3. The summed E-state index contributed by atoms with van der Waals surface area (Å²) < 4.78 is 10.1. The fourth-order valence-electron chi connectivity index (χ4n) is 3.83. The van der Waals surface area contributed by atoms with E-state index in [9.17, 15) is 14.4 Å². The number of benzene rings is 3. The van der Waals surface area contributed by atoms with Crippen LogP contribution in [0.3, 0.4) is 0 Å². The summed E-state index contributed by atoms with van der Waals surface area (Å²) in [5, 5.41) is -0.124. The maximum absolute atomic E-state index is 12.8. The first-order valence-electron chi connectivity index (χ1n) is 10.6. The van der Waals surface area contributed by atoms with Crippen LogP contribution in [0.25, 0.3) is 11.1 Å². The minimum Gasteiger partial charge on any atom is -0.432 e. The molecule has 0 spiro atoms. The van der Waals surface area contributed by atoms with Crippen molar-refractivity contribution in [2.75, 3.05) is 0 Å². The summed E-state index contributed by atoms with van der Waals surface area (Å²) in [6, 6.07) is 17.9. The Labute approximate surface area is 202 Å². The molecule has 3 aromatic carbocycles. The van der Waals surface area contributed by atoms with E-state index < -0.39 is 11.9 Å². The monoisotopic (exact) mass is 470 g/mol. The Bertz CT molecular complexity index is 1340. The van der Waals surface area contributed by atoms with Crippen LogP contribution in [0.1, 0.15) is 51.6 Å². The van der Waals surface area contributed by atoms with Gasteiger partial charge in [-0.2, -0.15) is 0 Å². The molecule has 0 N–H and O–H groups in total. The summed E-state index contributed by atoms with van der Waals surface area (Å²) in [5.74, 6) is -0.409. The molecule has 0 bridgehead atoms. The molecule has 1 atom stereocenters. The number of carbonyl (C=O) groups excluding carboxylic acids is 3. The Morgan fingerprint density at radius 2 is 1.53 bits per heavy atom. The van der Waals surface area contributed by atoms with Gasteiger partial charge in [-0.25, -0.2) is 9.59 Å². The van der Waals surface area contributed by atoms with E-state index >= 15 is 0 Å². The van der Waals surface area contributed by atoms with Gasteiger partial charge in [0.25, 0.3) is 0 Å². The molecule has 3 aromatic rings. The van der Waals surface area contributed by atoms with Crippen molar-refractivity contribution in [3.63, 3.8) is 0 Å². The second kappa shape index (κ2) is 9.53. The number of thioether (sulfide) groups is 1. The predicted octanol–water partition coefficient (Wildman–Crippen LogP) is 6.53. The van der Waals surface area contributed by atoms with E-state index in [2.05, 4.69) is 20.1 Å². The average molecular weight is 471 g/mol. The van der Waals surface area contributed by atoms with Crippen LogP contribution >= 0.6 is 11.8 Å². The molecular weight excluding hydrogens is 448 g/mol. The third-order valence-electron chi connectivity index (χ3n) is 5.59. The predicted molar refractivity (Wildman–Crippen MR) is 132 cm³/mol. The number of hydrogen-bond donors (Lipinski definition) is 0. The van der Waals surface area contributed by atoms with Gasteiger partial charge in [-0.1, -0.05) is 32.2 Å². The Kier molecular flexibility index (Phi) is 6.52. The summed E-state index contributed by atoms with van der Waals surface area (Å²) in [6.07, 6.45) is 1.07. The van der Waals surface area contributed by atoms with Gasteiger partial charge in [-0.05, 0) is 89.5 Å². The molecule has 0 saturated carbocycles. The van der Waals surface area contributed by atoms with Crippen LogP contribution in [0.5, 0.6) is 5.75 Å². The van der Waals surface area contributed by atoms with Crippen molar-refractivity contribution in [3.05, 3.63) is 108 Å². The van der Waals surface area contributed by atoms with Gasteiger partial charge in [-0.3, -0.25) is 4.79 Å². The van der Waals surface area contributed by atoms with E-state index in [1.165, 1.54) is 0 Å². The van der Waals surface area contributed by atoms with Crippen molar-refractivity contribution in [1.29, 1.82) is 0 Å². The van der Waals surface area contributed by atoms with Crippen molar-refractivity contribution in [1.82, 2.24) is 0 Å². The molecule has 0 amide bonds. The van der Waals surface area contributed by atoms with Gasteiger partial charge in [0.05, 0.1) is 11.8 Å². The Balaban J connectivity index is 1.52. The van der Waals surface area contributed by atoms with E-state index in [4.69, 9.17) is 9.47 Å². The number of hydrogen-bond acceptors (Lipinski definition) is 6. The molecule has 0 heterocycles. The zero-order chi connectivity index (χ0) is 24.4. The lowest BCUT2D eigenvalue weighted by molar-refractivity contribution is -0.130. The fourth-order valence-corrected chi connectivity index (χ4v) is 4.62. The zero-order valence-corrected chi connectivity index (χ0v) is 19.6. The highest BCUT2D eigenvalue weighted by atomic mass is 32.2. The lowest BCUT2D eigenvalue weighted by Gasteiger charge is -2.09. The molecule has 0 radical (unpaired) electrons. The van der Waals surface area contributed by atoms with E-state index in [-0.39, 0.29) is 11.0 Å². The van der Waals surface area contributed by atoms with E-state index in [0.29, 0.717) is 22.4 Å². The Morgan fingerprint density at radius 3 is 2.18 bits per heavy atom. The molecule has 6 heteroatoms. The first-order valence-corrected chi connectivity index (χ1v) is 11.4. The number of ether oxygens (including phenoxy) is 2. The van der Waals surface area contributed by atoms with E-state index in [1.807, 2.05) is 30.3 Å². The minimum atomic E-state index is -0.522. The van der Waals surface area contributed by atoms with Gasteiger partial charge in [0.1, 0.15) is 5.75 Å². The highest BCUT2D eigenvalue weighted by Gasteiger charge is 2.27. The maximum atomic E-state index is 12.8. The molecular formula is C28H22O5S. The minimum absolute atomic E-state index is 0.0827. The molecule has 1 aliphatic carbocycles. The molecule has 170 valence electrons. The van der Waals surface area contributed by atoms with Crippen molar-refractivity contribution in [3.8, 4) is 16.9 Å². The van der Waals surface area contributed by atoms with Crippen molar-refractivity contribution in [2.24, 2.45) is 0 Å². The molecule has 34 heavy (non-hydrogen) atoms. The topological polar surface area (TPSA) is 69.7 Å². The highest BCUT2D eigenvalue weighted by molar-refractivity contribution is 8.14. The van der Waals surface area contributed by atoms with Gasteiger partial charge in [-0.15, -0.1) is 0 Å². The number of carbonyl (C=O) groups is 3. The molecule has 0 aliphatic heterocycles. The van der Waals surface area contributed by atoms with Crippen LogP contribution in [0.4, 0.5) is 0 Å². The first kappa shape index (κ1) is 23.3. The summed E-state index contributed by atoms with van der Waals surface area (Å²) >= 11 is 1.13. The number of rotatable bonds is 6. The maximum Gasteiger partial charge on any atom is 0.342 e. The quantitative estimate of drug-likeness (QED) is 0.134. The van der Waals surface area contributed by atoms with Crippen LogP contribution in [-0.2, 0) is 9.53 Å². The highest BCUT2D eigenvalue weighted by Crippen LogP contribution is 2.47. The van der Waals surface area contributed by atoms with Crippen molar-refractivity contribution < 1.29 is 23.9 Å². The van der Waals surface area contributed by atoms with Crippen LogP contribution in [0.2, 0.25) is 0 Å². The molecule has 5 nitrogen and oxygen atoms in total. The zero-order valence-electron chi connectivity index (χ0n) is 18.8. The molecule has 1 unspecified atom stereocenters. The molecule has 1 aliphatic rings. The Morgan fingerprint density at radius 1 is 0.912 bits per heavy atom. The molecule has 0 saturated heterocycles. The van der Waals surface area contributed by atoms with Crippen LogP contribution in [-0.4, -0.2) is 17.1 Å². The largest absolute Gasteiger partial charge is 0.432 e. The summed E-state index contributed by atoms with van der Waals surface area (Å²) in [7, 11) is 0.